The van der Waals surface area contributed by atoms with E-state index in [1.807, 2.05) is 6.08 Å². The summed E-state index contributed by atoms with van der Waals surface area (Å²) in [4.78, 5) is 28.7. The first-order chi connectivity index (χ1) is 8.27. The van der Waals surface area contributed by atoms with E-state index in [4.69, 9.17) is 0 Å². The number of hydrogen-bond donors (Lipinski definition) is 0. The molecule has 2 bridgehead atoms. The van der Waals surface area contributed by atoms with Crippen molar-refractivity contribution in [2.45, 2.75) is 6.42 Å². The molecule has 1 aromatic rings. The molecule has 2 atom stereocenters. The first-order valence-corrected chi connectivity index (χ1v) is 5.74. The van der Waals surface area contributed by atoms with Crippen LogP contribution in [0.25, 0.3) is 0 Å². The second-order valence-corrected chi connectivity index (χ2v) is 4.72. The van der Waals surface area contributed by atoms with Crippen LogP contribution in [0.3, 0.4) is 0 Å². The molecular formula is C14H9NO2. The van der Waals surface area contributed by atoms with Crippen LogP contribution in [0.1, 0.15) is 27.3 Å². The predicted molar refractivity (Wildman–Crippen MR) is 60.7 cm³/mol. The van der Waals surface area contributed by atoms with Crippen molar-refractivity contribution in [1.82, 2.24) is 4.98 Å². The molecular weight excluding hydrogens is 214 g/mol. The van der Waals surface area contributed by atoms with E-state index in [2.05, 4.69) is 11.1 Å². The lowest BCUT2D eigenvalue weighted by Gasteiger charge is -2.20. The fourth-order valence-electron chi connectivity index (χ4n) is 3.15. The minimum absolute atomic E-state index is 0.000417. The van der Waals surface area contributed by atoms with Gasteiger partial charge in [-0.1, -0.05) is 12.2 Å². The first kappa shape index (κ1) is 9.05. The average molecular weight is 223 g/mol. The molecule has 3 aliphatic carbocycles. The standard InChI is InChI=1S/C14H9NO2/c16-13-9-2-1-5-15-12(9)14(17)11-8-4-3-7(6-8)10(11)13/h1-5,7-8H,6H2. The van der Waals surface area contributed by atoms with Crippen molar-refractivity contribution in [3.05, 3.63) is 52.9 Å². The Morgan fingerprint density at radius 3 is 2.53 bits per heavy atom. The lowest BCUT2D eigenvalue weighted by atomic mass is 9.82. The van der Waals surface area contributed by atoms with Crippen LogP contribution >= 0.6 is 0 Å². The maximum Gasteiger partial charge on any atom is 0.209 e. The van der Waals surface area contributed by atoms with Crippen molar-refractivity contribution in [1.29, 1.82) is 0 Å². The molecule has 0 aromatic carbocycles. The van der Waals surface area contributed by atoms with Crippen LogP contribution in [-0.4, -0.2) is 16.6 Å². The molecule has 0 spiro atoms. The summed E-state index contributed by atoms with van der Waals surface area (Å²) in [6, 6.07) is 3.40. The van der Waals surface area contributed by atoms with Crippen molar-refractivity contribution in [3.63, 3.8) is 0 Å². The van der Waals surface area contributed by atoms with Gasteiger partial charge in [-0.05, 0) is 18.6 Å². The van der Waals surface area contributed by atoms with Crippen molar-refractivity contribution in [2.24, 2.45) is 11.8 Å². The normalized spacial score (nSPS) is 28.7. The number of ketones is 2. The zero-order valence-corrected chi connectivity index (χ0v) is 9.01. The summed E-state index contributed by atoms with van der Waals surface area (Å²) in [5.74, 6) is 0.244. The molecule has 0 saturated heterocycles. The highest BCUT2D eigenvalue weighted by Gasteiger charge is 2.45. The molecule has 0 N–H and O–H groups in total. The largest absolute Gasteiger partial charge is 0.289 e. The van der Waals surface area contributed by atoms with E-state index in [0.717, 1.165) is 12.0 Å². The summed E-state index contributed by atoms with van der Waals surface area (Å²) < 4.78 is 0. The van der Waals surface area contributed by atoms with Crippen LogP contribution in [0, 0.1) is 11.8 Å². The number of rotatable bonds is 0. The topological polar surface area (TPSA) is 47.0 Å². The lowest BCUT2D eigenvalue weighted by Crippen LogP contribution is -2.25. The monoisotopic (exact) mass is 223 g/mol. The van der Waals surface area contributed by atoms with Gasteiger partial charge in [-0.2, -0.15) is 0 Å². The molecule has 0 fully saturated rings. The van der Waals surface area contributed by atoms with Crippen LogP contribution < -0.4 is 0 Å². The number of pyridine rings is 1. The van der Waals surface area contributed by atoms with Gasteiger partial charge >= 0.3 is 0 Å². The van der Waals surface area contributed by atoms with E-state index in [9.17, 15) is 9.59 Å². The number of carbonyl (C=O) groups is 2. The highest BCUT2D eigenvalue weighted by Crippen LogP contribution is 2.48. The molecule has 82 valence electrons. The Kier molecular flexibility index (Phi) is 1.49. The molecule has 2 unspecified atom stereocenters. The number of Topliss-reactive ketones (excluding diaryl/α,β-unsaturated/α-hetero) is 2. The predicted octanol–water partition coefficient (Wildman–Crippen LogP) is 1.96. The fraction of sp³-hybridized carbons (Fsp3) is 0.214. The molecule has 0 saturated carbocycles. The van der Waals surface area contributed by atoms with E-state index < -0.39 is 0 Å². The Morgan fingerprint density at radius 2 is 1.76 bits per heavy atom. The maximum atomic E-state index is 12.3. The third kappa shape index (κ3) is 0.947. The van der Waals surface area contributed by atoms with Crippen LogP contribution in [0.15, 0.2) is 41.6 Å². The summed E-state index contributed by atoms with van der Waals surface area (Å²) in [5, 5.41) is 0. The maximum absolute atomic E-state index is 12.3. The van der Waals surface area contributed by atoms with Gasteiger partial charge in [0.25, 0.3) is 0 Å². The molecule has 0 radical (unpaired) electrons. The van der Waals surface area contributed by atoms with Gasteiger partial charge in [-0.3, -0.25) is 14.6 Å². The summed E-state index contributed by atoms with van der Waals surface area (Å²) in [5.41, 5.74) is 2.23. The highest BCUT2D eigenvalue weighted by molar-refractivity contribution is 6.27. The molecule has 3 nitrogen and oxygen atoms in total. The van der Waals surface area contributed by atoms with Crippen LogP contribution in [0.2, 0.25) is 0 Å². The van der Waals surface area contributed by atoms with Crippen LogP contribution in [0.4, 0.5) is 0 Å². The zero-order valence-electron chi connectivity index (χ0n) is 9.01. The molecule has 3 aliphatic rings. The highest BCUT2D eigenvalue weighted by atomic mass is 16.1. The van der Waals surface area contributed by atoms with E-state index in [1.54, 1.807) is 18.3 Å². The molecule has 17 heavy (non-hydrogen) atoms. The number of aromatic nitrogens is 1. The molecule has 4 rings (SSSR count). The smallest absolute Gasteiger partial charge is 0.209 e. The zero-order chi connectivity index (χ0) is 11.6. The van der Waals surface area contributed by atoms with Crippen molar-refractivity contribution >= 4 is 11.6 Å². The summed E-state index contributed by atoms with van der Waals surface area (Å²) >= 11 is 0. The van der Waals surface area contributed by atoms with Crippen LogP contribution in [0.5, 0.6) is 0 Å². The Labute approximate surface area is 97.9 Å². The number of nitrogens with zero attached hydrogens (tertiary/aromatic N) is 1. The van der Waals surface area contributed by atoms with Crippen molar-refractivity contribution in [3.8, 4) is 0 Å². The van der Waals surface area contributed by atoms with Gasteiger partial charge in [0, 0.05) is 29.2 Å². The van der Waals surface area contributed by atoms with E-state index in [1.165, 1.54) is 0 Å². The minimum Gasteiger partial charge on any atom is -0.289 e. The second kappa shape index (κ2) is 2.80. The molecule has 3 heteroatoms. The van der Waals surface area contributed by atoms with E-state index in [-0.39, 0.29) is 23.4 Å². The average Bonchev–Trinajstić information content (AvgIpc) is 2.96. The molecule has 1 aromatic heterocycles. The Morgan fingerprint density at radius 1 is 1.06 bits per heavy atom. The van der Waals surface area contributed by atoms with Gasteiger partial charge in [0.05, 0.1) is 5.56 Å². The minimum atomic E-state index is -0.0490. The third-order valence-electron chi connectivity index (χ3n) is 3.87. The van der Waals surface area contributed by atoms with E-state index in [0.29, 0.717) is 16.8 Å². The van der Waals surface area contributed by atoms with Crippen molar-refractivity contribution < 1.29 is 9.59 Å². The van der Waals surface area contributed by atoms with Gasteiger partial charge in [-0.25, -0.2) is 0 Å². The molecule has 0 amide bonds. The Bertz CT molecular complexity index is 586. The summed E-state index contributed by atoms with van der Waals surface area (Å²) in [6.45, 7) is 0. The number of carbonyl (C=O) groups excluding carboxylic acids is 2. The van der Waals surface area contributed by atoms with Gasteiger partial charge in [-0.15, -0.1) is 0 Å². The lowest BCUT2D eigenvalue weighted by molar-refractivity contribution is 0.0966. The Balaban J connectivity index is 2.00. The first-order valence-electron chi connectivity index (χ1n) is 5.74. The number of hydrogen-bond acceptors (Lipinski definition) is 3. The van der Waals surface area contributed by atoms with Gasteiger partial charge < -0.3 is 0 Å². The van der Waals surface area contributed by atoms with Crippen molar-refractivity contribution in [2.75, 3.05) is 0 Å². The molecule has 1 heterocycles. The Hall–Kier alpha value is -2.03. The second-order valence-electron chi connectivity index (χ2n) is 4.72. The van der Waals surface area contributed by atoms with Gasteiger partial charge in [0.2, 0.25) is 5.78 Å². The van der Waals surface area contributed by atoms with E-state index >= 15 is 0 Å². The molecule has 0 aliphatic heterocycles. The summed E-state index contributed by atoms with van der Waals surface area (Å²) in [6.07, 6.45) is 6.55. The number of fused-ring (bicyclic) bond motifs is 5. The quantitative estimate of drug-likeness (QED) is 0.632. The summed E-state index contributed by atoms with van der Waals surface area (Å²) in [7, 11) is 0. The number of allylic oxidation sites excluding steroid dienone is 4. The third-order valence-corrected chi connectivity index (χ3v) is 3.87. The van der Waals surface area contributed by atoms with Gasteiger partial charge in [0.15, 0.2) is 5.78 Å². The SMILES string of the molecule is O=C1C2=C(C(=O)c3ncccc31)C1C=CC2C1. The van der Waals surface area contributed by atoms with Gasteiger partial charge in [0.1, 0.15) is 5.69 Å². The van der Waals surface area contributed by atoms with Crippen LogP contribution in [-0.2, 0) is 0 Å². The fourth-order valence-corrected chi connectivity index (χ4v) is 3.15.